The van der Waals surface area contributed by atoms with Gasteiger partial charge in [0, 0.05) is 18.7 Å². The molecule has 1 aliphatic rings. The summed E-state index contributed by atoms with van der Waals surface area (Å²) in [4.78, 5) is 28.4. The third-order valence-corrected chi connectivity index (χ3v) is 4.48. The fourth-order valence-corrected chi connectivity index (χ4v) is 3.13. The number of thioether (sulfide) groups is 1. The van der Waals surface area contributed by atoms with Crippen molar-refractivity contribution in [1.82, 2.24) is 5.32 Å². The number of carbonyl (C=O) groups is 2. The van der Waals surface area contributed by atoms with Gasteiger partial charge < -0.3 is 15.4 Å². The summed E-state index contributed by atoms with van der Waals surface area (Å²) in [6.45, 7) is 5.31. The van der Waals surface area contributed by atoms with Crippen LogP contribution in [0.3, 0.4) is 0 Å². The van der Waals surface area contributed by atoms with Gasteiger partial charge in [0.05, 0.1) is 6.61 Å². The van der Waals surface area contributed by atoms with Crippen molar-refractivity contribution in [2.24, 2.45) is 4.99 Å². The average molecular weight is 349 g/mol. The van der Waals surface area contributed by atoms with Gasteiger partial charge in [-0.2, -0.15) is 0 Å². The molecule has 2 amide bonds. The molecule has 0 radical (unpaired) electrons. The number of ether oxygens (including phenoxy) is 1. The summed E-state index contributed by atoms with van der Waals surface area (Å²) in [5.74, 6) is 0.410. The molecule has 24 heavy (non-hydrogen) atoms. The standard InChI is InChI=1S/C17H23N3O3S/c1-3-5-10-18-17-20-16(22)14(24-17)11-15(21)19-12-6-8-13(9-7-12)23-4-2/h6-9,14H,3-5,10-11H2,1-2H3,(H,19,21)(H,18,20,22)/t14-/m1/s1. The second kappa shape index (κ2) is 9.32. The summed E-state index contributed by atoms with van der Waals surface area (Å²) in [6.07, 6.45) is 2.17. The lowest BCUT2D eigenvalue weighted by Gasteiger charge is -2.08. The Hall–Kier alpha value is -2.02. The third-order valence-electron chi connectivity index (χ3n) is 3.36. The zero-order valence-electron chi connectivity index (χ0n) is 14.0. The van der Waals surface area contributed by atoms with E-state index in [1.165, 1.54) is 11.8 Å². The van der Waals surface area contributed by atoms with Crippen LogP contribution in [0, 0.1) is 0 Å². The van der Waals surface area contributed by atoms with Crippen LogP contribution >= 0.6 is 11.8 Å². The highest BCUT2D eigenvalue weighted by molar-refractivity contribution is 8.15. The van der Waals surface area contributed by atoms with E-state index in [0.717, 1.165) is 18.6 Å². The van der Waals surface area contributed by atoms with Gasteiger partial charge in [0.2, 0.25) is 11.8 Å². The molecule has 7 heteroatoms. The molecule has 0 aliphatic carbocycles. The van der Waals surface area contributed by atoms with Crippen molar-refractivity contribution in [3.05, 3.63) is 24.3 Å². The average Bonchev–Trinajstić information content (AvgIpc) is 2.89. The fraction of sp³-hybridized carbons (Fsp3) is 0.471. The van der Waals surface area contributed by atoms with Gasteiger partial charge in [0.25, 0.3) is 0 Å². The van der Waals surface area contributed by atoms with Gasteiger partial charge in [-0.3, -0.25) is 14.6 Å². The molecule has 1 atom stereocenters. The molecule has 0 unspecified atom stereocenters. The molecule has 0 saturated carbocycles. The van der Waals surface area contributed by atoms with E-state index in [4.69, 9.17) is 4.74 Å². The summed E-state index contributed by atoms with van der Waals surface area (Å²) in [5, 5.41) is 5.72. The number of amides is 2. The zero-order valence-corrected chi connectivity index (χ0v) is 14.8. The highest BCUT2D eigenvalue weighted by Gasteiger charge is 2.31. The maximum Gasteiger partial charge on any atom is 0.240 e. The van der Waals surface area contributed by atoms with Gasteiger partial charge in [0.15, 0.2) is 5.17 Å². The SMILES string of the molecule is CCCCN=C1NC(=O)[C@@H](CC(=O)Nc2ccc(OCC)cc2)S1. The van der Waals surface area contributed by atoms with E-state index in [2.05, 4.69) is 22.5 Å². The number of anilines is 1. The van der Waals surface area contributed by atoms with Crippen LogP contribution in [0.1, 0.15) is 33.1 Å². The van der Waals surface area contributed by atoms with Crippen LogP contribution in [0.5, 0.6) is 5.75 Å². The Morgan fingerprint density at radius 2 is 2.08 bits per heavy atom. The summed E-state index contributed by atoms with van der Waals surface area (Å²) < 4.78 is 5.36. The quantitative estimate of drug-likeness (QED) is 0.707. The van der Waals surface area contributed by atoms with Crippen LogP contribution in [0.15, 0.2) is 29.3 Å². The predicted molar refractivity (Wildman–Crippen MR) is 97.6 cm³/mol. The van der Waals surface area contributed by atoms with Crippen LogP contribution in [-0.4, -0.2) is 35.4 Å². The first kappa shape index (κ1) is 18.3. The van der Waals surface area contributed by atoms with E-state index in [-0.39, 0.29) is 18.2 Å². The van der Waals surface area contributed by atoms with E-state index in [9.17, 15) is 9.59 Å². The van der Waals surface area contributed by atoms with Crippen LogP contribution in [0.25, 0.3) is 0 Å². The molecule has 1 fully saturated rings. The number of hydrogen-bond donors (Lipinski definition) is 2. The van der Waals surface area contributed by atoms with Crippen LogP contribution < -0.4 is 15.4 Å². The van der Waals surface area contributed by atoms with E-state index >= 15 is 0 Å². The second-order valence-electron chi connectivity index (χ2n) is 5.35. The van der Waals surface area contributed by atoms with Gasteiger partial charge in [-0.1, -0.05) is 25.1 Å². The maximum absolute atomic E-state index is 12.1. The number of carbonyl (C=O) groups excluding carboxylic acids is 2. The third kappa shape index (κ3) is 5.56. The maximum atomic E-state index is 12.1. The number of unbranched alkanes of at least 4 members (excludes halogenated alkanes) is 1. The minimum atomic E-state index is -0.423. The molecule has 1 aromatic carbocycles. The number of nitrogens with zero attached hydrogens (tertiary/aromatic N) is 1. The minimum absolute atomic E-state index is 0.122. The van der Waals surface area contributed by atoms with Crippen LogP contribution in [0.2, 0.25) is 0 Å². The van der Waals surface area contributed by atoms with E-state index in [0.29, 0.717) is 24.0 Å². The molecule has 6 nitrogen and oxygen atoms in total. The summed E-state index contributed by atoms with van der Waals surface area (Å²) in [6, 6.07) is 7.16. The zero-order chi connectivity index (χ0) is 17.4. The van der Waals surface area contributed by atoms with Crippen molar-refractivity contribution in [3.8, 4) is 5.75 Å². The highest BCUT2D eigenvalue weighted by Crippen LogP contribution is 2.23. The van der Waals surface area contributed by atoms with Crippen molar-refractivity contribution in [3.63, 3.8) is 0 Å². The lowest BCUT2D eigenvalue weighted by molar-refractivity contribution is -0.122. The summed E-state index contributed by atoms with van der Waals surface area (Å²) >= 11 is 1.33. The molecule has 0 bridgehead atoms. The molecule has 2 rings (SSSR count). The first-order valence-electron chi connectivity index (χ1n) is 8.17. The molecule has 1 aliphatic heterocycles. The van der Waals surface area contributed by atoms with E-state index < -0.39 is 5.25 Å². The number of hydrogen-bond acceptors (Lipinski definition) is 5. The summed E-state index contributed by atoms with van der Waals surface area (Å²) in [5.41, 5.74) is 0.684. The molecule has 2 N–H and O–H groups in total. The normalized spacial score (nSPS) is 18.5. The molecule has 0 aromatic heterocycles. The van der Waals surface area contributed by atoms with Gasteiger partial charge in [0.1, 0.15) is 11.0 Å². The van der Waals surface area contributed by atoms with Crippen LogP contribution in [0.4, 0.5) is 5.69 Å². The second-order valence-corrected chi connectivity index (χ2v) is 6.54. The fourth-order valence-electron chi connectivity index (χ4n) is 2.14. The number of amidine groups is 1. The largest absolute Gasteiger partial charge is 0.494 e. The molecular formula is C17H23N3O3S. The Labute approximate surface area is 146 Å². The molecule has 1 saturated heterocycles. The van der Waals surface area contributed by atoms with Crippen molar-refractivity contribution < 1.29 is 14.3 Å². The molecular weight excluding hydrogens is 326 g/mol. The van der Waals surface area contributed by atoms with Gasteiger partial charge in [-0.15, -0.1) is 0 Å². The molecule has 1 heterocycles. The molecule has 130 valence electrons. The smallest absolute Gasteiger partial charge is 0.240 e. The molecule has 1 aromatic rings. The Kier molecular flexibility index (Phi) is 7.11. The number of rotatable bonds is 8. The number of nitrogens with one attached hydrogen (secondary N) is 2. The van der Waals surface area contributed by atoms with E-state index in [1.54, 1.807) is 24.3 Å². The van der Waals surface area contributed by atoms with E-state index in [1.807, 2.05) is 6.92 Å². The first-order valence-corrected chi connectivity index (χ1v) is 9.05. The monoisotopic (exact) mass is 349 g/mol. The lowest BCUT2D eigenvalue weighted by atomic mass is 10.2. The van der Waals surface area contributed by atoms with Gasteiger partial charge in [-0.05, 0) is 37.6 Å². The van der Waals surface area contributed by atoms with Crippen molar-refractivity contribution in [2.45, 2.75) is 38.4 Å². The van der Waals surface area contributed by atoms with Crippen molar-refractivity contribution in [2.75, 3.05) is 18.5 Å². The minimum Gasteiger partial charge on any atom is -0.494 e. The first-order chi connectivity index (χ1) is 11.6. The Morgan fingerprint density at radius 3 is 2.75 bits per heavy atom. The van der Waals surface area contributed by atoms with Crippen molar-refractivity contribution >= 4 is 34.4 Å². The van der Waals surface area contributed by atoms with Crippen LogP contribution in [-0.2, 0) is 9.59 Å². The Bertz CT molecular complexity index is 602. The van der Waals surface area contributed by atoms with Gasteiger partial charge >= 0.3 is 0 Å². The topological polar surface area (TPSA) is 79.8 Å². The summed E-state index contributed by atoms with van der Waals surface area (Å²) in [7, 11) is 0. The van der Waals surface area contributed by atoms with Crippen molar-refractivity contribution in [1.29, 1.82) is 0 Å². The predicted octanol–water partition coefficient (Wildman–Crippen LogP) is 2.80. The van der Waals surface area contributed by atoms with Gasteiger partial charge in [-0.25, -0.2) is 0 Å². The number of benzene rings is 1. The molecule has 0 spiro atoms. The Morgan fingerprint density at radius 1 is 1.33 bits per heavy atom. The highest BCUT2D eigenvalue weighted by atomic mass is 32.2. The Balaban J connectivity index is 1.83. The number of aliphatic imine (C=N–C) groups is 1. The lowest BCUT2D eigenvalue weighted by Crippen LogP contribution is -2.28.